The summed E-state index contributed by atoms with van der Waals surface area (Å²) in [5.41, 5.74) is 1.24. The van der Waals surface area contributed by atoms with Crippen LogP contribution in [-0.2, 0) is 0 Å². The number of nitrogens with zero attached hydrogens (tertiary/aromatic N) is 3. The zero-order valence-electron chi connectivity index (χ0n) is 14.7. The van der Waals surface area contributed by atoms with Crippen molar-refractivity contribution in [3.8, 4) is 5.69 Å². The fourth-order valence-electron chi connectivity index (χ4n) is 3.75. The molecule has 2 aliphatic rings. The summed E-state index contributed by atoms with van der Waals surface area (Å²) in [5.74, 6) is -0.448. The van der Waals surface area contributed by atoms with Crippen molar-refractivity contribution in [1.82, 2.24) is 19.8 Å². The highest BCUT2D eigenvalue weighted by Crippen LogP contribution is 2.28. The average Bonchev–Trinajstić information content (AvgIpc) is 3.00. The molecule has 1 N–H and O–H groups in total. The van der Waals surface area contributed by atoms with Crippen LogP contribution < -0.4 is 10.9 Å². The number of rotatable bonds is 1. The Morgan fingerprint density at radius 3 is 2.64 bits per heavy atom. The van der Waals surface area contributed by atoms with Gasteiger partial charge in [0, 0.05) is 36.8 Å². The summed E-state index contributed by atoms with van der Waals surface area (Å²) < 4.78 is 1.31. The van der Waals surface area contributed by atoms with Crippen molar-refractivity contribution >= 4 is 34.2 Å². The number of hydrogen-bond donors (Lipinski definition) is 1. The van der Waals surface area contributed by atoms with E-state index in [-0.39, 0.29) is 23.1 Å². The number of fused-ring (bicyclic) bond motifs is 4. The molecule has 2 aromatic carbocycles. The van der Waals surface area contributed by atoms with Crippen LogP contribution >= 0.6 is 11.6 Å². The molecule has 0 bridgehead atoms. The van der Waals surface area contributed by atoms with Crippen LogP contribution in [0.3, 0.4) is 0 Å². The Morgan fingerprint density at radius 1 is 1.07 bits per heavy atom. The van der Waals surface area contributed by atoms with Gasteiger partial charge in [0.25, 0.3) is 11.5 Å². The molecule has 28 heavy (non-hydrogen) atoms. The van der Waals surface area contributed by atoms with Crippen LogP contribution in [0.2, 0.25) is 5.02 Å². The van der Waals surface area contributed by atoms with Crippen LogP contribution in [0.4, 0.5) is 0 Å². The Balaban J connectivity index is 1.63. The second kappa shape index (κ2) is 6.25. The number of hydrogen-bond acceptors (Lipinski definition) is 5. The minimum absolute atomic E-state index is 0.0431. The smallest absolute Gasteiger partial charge is 0.266 e. The lowest BCUT2D eigenvalue weighted by Gasteiger charge is -2.27. The van der Waals surface area contributed by atoms with Gasteiger partial charge in [0.2, 0.25) is 5.78 Å². The molecule has 0 atom stereocenters. The van der Waals surface area contributed by atoms with Gasteiger partial charge in [-0.3, -0.25) is 19.0 Å². The number of carbonyl (C=O) groups is 2. The monoisotopic (exact) mass is 394 g/mol. The number of benzene rings is 2. The van der Waals surface area contributed by atoms with Gasteiger partial charge in [-0.15, -0.1) is 0 Å². The van der Waals surface area contributed by atoms with Gasteiger partial charge in [-0.1, -0.05) is 11.6 Å². The number of ketones is 1. The quantitative estimate of drug-likeness (QED) is 0.530. The molecule has 0 saturated carbocycles. The molecule has 1 saturated heterocycles. The maximum atomic E-state index is 13.0. The molecule has 0 radical (unpaired) electrons. The van der Waals surface area contributed by atoms with Gasteiger partial charge in [-0.25, -0.2) is 4.98 Å². The van der Waals surface area contributed by atoms with Gasteiger partial charge in [-0.05, 0) is 36.4 Å². The summed E-state index contributed by atoms with van der Waals surface area (Å²) in [5, 5.41) is 4.03. The summed E-state index contributed by atoms with van der Waals surface area (Å²) >= 11 is 6.00. The highest BCUT2D eigenvalue weighted by molar-refractivity contribution is 6.31. The highest BCUT2D eigenvalue weighted by Gasteiger charge is 2.31. The molecule has 3 heterocycles. The van der Waals surface area contributed by atoms with Crippen LogP contribution in [0, 0.1) is 0 Å². The number of carbonyl (C=O) groups excluding carboxylic acids is 2. The topological polar surface area (TPSA) is 84.3 Å². The van der Waals surface area contributed by atoms with Crippen molar-refractivity contribution in [1.29, 1.82) is 0 Å². The molecular weight excluding hydrogens is 380 g/mol. The van der Waals surface area contributed by atoms with Crippen molar-refractivity contribution in [3.05, 3.63) is 68.7 Å². The van der Waals surface area contributed by atoms with E-state index in [4.69, 9.17) is 11.6 Å². The van der Waals surface area contributed by atoms with Crippen molar-refractivity contribution in [2.75, 3.05) is 26.2 Å². The SMILES string of the molecule is O=C1c2cc(C(=O)N3CCNCC3)ccc2-n2c1nc1cc(Cl)ccc1c2=O. The zero-order chi connectivity index (χ0) is 19.4. The second-order valence-corrected chi connectivity index (χ2v) is 7.28. The molecule has 5 rings (SSSR count). The lowest BCUT2D eigenvalue weighted by Crippen LogP contribution is -2.46. The summed E-state index contributed by atoms with van der Waals surface area (Å²) in [6, 6.07) is 9.65. The van der Waals surface area contributed by atoms with Crippen LogP contribution in [0.5, 0.6) is 0 Å². The Hall–Kier alpha value is -3.03. The largest absolute Gasteiger partial charge is 0.336 e. The lowest BCUT2D eigenvalue weighted by atomic mass is 10.1. The maximum Gasteiger partial charge on any atom is 0.266 e. The summed E-state index contributed by atoms with van der Waals surface area (Å²) in [7, 11) is 0. The average molecular weight is 395 g/mol. The van der Waals surface area contributed by atoms with E-state index in [1.54, 1.807) is 41.3 Å². The molecule has 1 aromatic heterocycles. The van der Waals surface area contributed by atoms with E-state index in [0.29, 0.717) is 45.8 Å². The van der Waals surface area contributed by atoms with Crippen LogP contribution in [0.1, 0.15) is 26.5 Å². The minimum atomic E-state index is -0.371. The third kappa shape index (κ3) is 2.47. The molecule has 8 heteroatoms. The summed E-state index contributed by atoms with van der Waals surface area (Å²) in [4.78, 5) is 44.8. The minimum Gasteiger partial charge on any atom is -0.336 e. The molecule has 0 unspecified atom stereocenters. The number of halogens is 1. The van der Waals surface area contributed by atoms with E-state index in [1.807, 2.05) is 0 Å². The molecule has 1 amide bonds. The number of amides is 1. The van der Waals surface area contributed by atoms with Crippen LogP contribution in [-0.4, -0.2) is 52.3 Å². The highest BCUT2D eigenvalue weighted by atomic mass is 35.5. The van der Waals surface area contributed by atoms with E-state index >= 15 is 0 Å². The first-order valence-electron chi connectivity index (χ1n) is 8.96. The van der Waals surface area contributed by atoms with Crippen LogP contribution in [0.15, 0.2) is 41.2 Å². The Kier molecular flexibility index (Phi) is 3.82. The van der Waals surface area contributed by atoms with Gasteiger partial charge in [-0.2, -0.15) is 0 Å². The van der Waals surface area contributed by atoms with Crippen molar-refractivity contribution < 1.29 is 9.59 Å². The summed E-state index contributed by atoms with van der Waals surface area (Å²) in [6.07, 6.45) is 0. The molecule has 0 aliphatic carbocycles. The van der Waals surface area contributed by atoms with Gasteiger partial charge in [0.15, 0.2) is 5.82 Å². The Bertz CT molecular complexity index is 1230. The van der Waals surface area contributed by atoms with Crippen molar-refractivity contribution in [3.63, 3.8) is 0 Å². The van der Waals surface area contributed by atoms with Gasteiger partial charge < -0.3 is 10.2 Å². The molecular formula is C20H15ClN4O3. The molecule has 3 aromatic rings. The van der Waals surface area contributed by atoms with Crippen LogP contribution in [0.25, 0.3) is 16.6 Å². The molecule has 140 valence electrons. The third-order valence-electron chi connectivity index (χ3n) is 5.17. The molecule has 7 nitrogen and oxygen atoms in total. The normalized spacial score (nSPS) is 15.6. The predicted molar refractivity (Wildman–Crippen MR) is 105 cm³/mol. The zero-order valence-corrected chi connectivity index (χ0v) is 15.5. The molecule has 0 spiro atoms. The molecule has 1 fully saturated rings. The summed E-state index contributed by atoms with van der Waals surface area (Å²) in [6.45, 7) is 2.74. The number of piperazine rings is 1. The Labute approximate surface area is 164 Å². The predicted octanol–water partition coefficient (Wildman–Crippen LogP) is 1.63. The van der Waals surface area contributed by atoms with E-state index in [9.17, 15) is 14.4 Å². The fraction of sp³-hybridized carbons (Fsp3) is 0.200. The van der Waals surface area contributed by atoms with Crippen molar-refractivity contribution in [2.45, 2.75) is 0 Å². The fourth-order valence-corrected chi connectivity index (χ4v) is 3.92. The first-order chi connectivity index (χ1) is 13.5. The number of aromatic nitrogens is 2. The maximum absolute atomic E-state index is 13.0. The lowest BCUT2D eigenvalue weighted by molar-refractivity contribution is 0.0736. The second-order valence-electron chi connectivity index (χ2n) is 6.84. The number of nitrogens with one attached hydrogen (secondary N) is 1. The first kappa shape index (κ1) is 17.1. The van der Waals surface area contributed by atoms with Gasteiger partial charge >= 0.3 is 0 Å². The van der Waals surface area contributed by atoms with E-state index < -0.39 is 0 Å². The van der Waals surface area contributed by atoms with E-state index in [1.165, 1.54) is 4.57 Å². The van der Waals surface area contributed by atoms with Crippen molar-refractivity contribution in [2.24, 2.45) is 0 Å². The van der Waals surface area contributed by atoms with E-state index in [2.05, 4.69) is 10.3 Å². The Morgan fingerprint density at radius 2 is 1.86 bits per heavy atom. The third-order valence-corrected chi connectivity index (χ3v) is 5.40. The standard InChI is InChI=1S/C20H15ClN4O3/c21-12-2-3-13-15(10-12)23-18-17(26)14-9-11(1-4-16(14)25(18)20(13)28)19(27)24-7-5-22-6-8-24/h1-4,9-10,22H,5-8H2. The first-order valence-corrected chi connectivity index (χ1v) is 9.34. The van der Waals surface area contributed by atoms with Gasteiger partial charge in [0.1, 0.15) is 0 Å². The van der Waals surface area contributed by atoms with E-state index in [0.717, 1.165) is 13.1 Å². The van der Waals surface area contributed by atoms with Gasteiger partial charge in [0.05, 0.1) is 22.2 Å². The molecule has 2 aliphatic heterocycles.